The Labute approximate surface area is 304 Å². The SMILES string of the molecule is COc1ccc([C@H](c2ccc(Cl)cc2)[C@H](N=[N+]=[N-])C(=O)Nc2cccc(F)c2CC[C@H](CN(C[C@H](C)O)C(=O)O)NS(=O)(=O)c2ccccc2)cn1. The van der Waals surface area contributed by atoms with Crippen LogP contribution in [0.25, 0.3) is 10.4 Å². The molecule has 4 aromatic rings. The van der Waals surface area contributed by atoms with Crippen LogP contribution in [0.15, 0.2) is 101 Å². The summed E-state index contributed by atoms with van der Waals surface area (Å²) in [5.41, 5.74) is 10.6. The van der Waals surface area contributed by atoms with Crippen molar-refractivity contribution in [3.8, 4) is 5.88 Å². The van der Waals surface area contributed by atoms with E-state index in [0.717, 1.165) is 11.0 Å². The smallest absolute Gasteiger partial charge is 0.407 e. The Morgan fingerprint density at radius 1 is 1.04 bits per heavy atom. The molecule has 0 bridgehead atoms. The summed E-state index contributed by atoms with van der Waals surface area (Å²) >= 11 is 6.12. The lowest BCUT2D eigenvalue weighted by atomic mass is 9.85. The van der Waals surface area contributed by atoms with Crippen molar-refractivity contribution in [2.75, 3.05) is 25.5 Å². The summed E-state index contributed by atoms with van der Waals surface area (Å²) in [5, 5.41) is 26.6. The zero-order valence-electron chi connectivity index (χ0n) is 28.1. The summed E-state index contributed by atoms with van der Waals surface area (Å²) in [6.07, 6.45) is -1.25. The molecule has 17 heteroatoms. The van der Waals surface area contributed by atoms with Crippen LogP contribution in [-0.2, 0) is 21.2 Å². The number of benzene rings is 3. The van der Waals surface area contributed by atoms with Crippen LogP contribution in [0.1, 0.15) is 36.0 Å². The van der Waals surface area contributed by atoms with Gasteiger partial charge in [-0.3, -0.25) is 4.79 Å². The number of hydrogen-bond acceptors (Lipinski definition) is 8. The van der Waals surface area contributed by atoms with E-state index in [-0.39, 0.29) is 42.1 Å². The maximum absolute atomic E-state index is 15.5. The van der Waals surface area contributed by atoms with Gasteiger partial charge < -0.3 is 25.2 Å². The van der Waals surface area contributed by atoms with Gasteiger partial charge in [0.15, 0.2) is 0 Å². The first kappa shape index (κ1) is 39.5. The van der Waals surface area contributed by atoms with Gasteiger partial charge in [-0.25, -0.2) is 27.3 Å². The summed E-state index contributed by atoms with van der Waals surface area (Å²) in [6, 6.07) is 18.7. The number of anilines is 1. The Bertz CT molecular complexity index is 1980. The number of rotatable bonds is 17. The van der Waals surface area contributed by atoms with E-state index >= 15 is 4.39 Å². The number of methoxy groups -OCH3 is 1. The molecule has 0 aliphatic heterocycles. The Morgan fingerprint density at radius 3 is 2.33 bits per heavy atom. The molecule has 0 spiro atoms. The molecule has 1 heterocycles. The molecule has 4 rings (SSSR count). The lowest BCUT2D eigenvalue weighted by Crippen LogP contribution is -2.47. The molecule has 0 saturated carbocycles. The largest absolute Gasteiger partial charge is 0.481 e. The van der Waals surface area contributed by atoms with Crippen LogP contribution in [0.2, 0.25) is 5.02 Å². The van der Waals surface area contributed by atoms with Crippen molar-refractivity contribution in [1.82, 2.24) is 14.6 Å². The van der Waals surface area contributed by atoms with E-state index in [4.69, 9.17) is 16.3 Å². The first-order valence-electron chi connectivity index (χ1n) is 15.9. The zero-order chi connectivity index (χ0) is 37.8. The second-order valence-corrected chi connectivity index (χ2v) is 13.9. The number of nitrogens with zero attached hydrogens (tertiary/aromatic N) is 5. The molecule has 0 saturated heterocycles. The Balaban J connectivity index is 1.66. The van der Waals surface area contributed by atoms with Crippen molar-refractivity contribution in [3.63, 3.8) is 0 Å². The molecule has 4 N–H and O–H groups in total. The molecular formula is C35H37ClFN7O7S. The Hall–Kier alpha value is -5.25. The molecule has 2 amide bonds. The maximum Gasteiger partial charge on any atom is 0.407 e. The molecule has 0 aliphatic carbocycles. The average Bonchev–Trinajstić information content (AvgIpc) is 3.11. The normalized spacial score (nSPS) is 13.6. The lowest BCUT2D eigenvalue weighted by molar-refractivity contribution is -0.117. The number of sulfonamides is 1. The van der Waals surface area contributed by atoms with Crippen molar-refractivity contribution in [1.29, 1.82) is 0 Å². The van der Waals surface area contributed by atoms with Crippen LogP contribution < -0.4 is 14.8 Å². The number of carboxylic acid groups (broad SMARTS) is 1. The minimum atomic E-state index is -4.15. The number of hydrogen-bond donors (Lipinski definition) is 4. The van der Waals surface area contributed by atoms with E-state index in [1.54, 1.807) is 42.5 Å². The van der Waals surface area contributed by atoms with Gasteiger partial charge in [0, 0.05) is 58.5 Å². The second-order valence-electron chi connectivity index (χ2n) is 11.8. The van der Waals surface area contributed by atoms with E-state index in [1.807, 2.05) is 0 Å². The number of carbonyl (C=O) groups is 2. The third-order valence-electron chi connectivity index (χ3n) is 8.01. The van der Waals surface area contributed by atoms with E-state index in [0.29, 0.717) is 22.0 Å². The molecule has 0 radical (unpaired) electrons. The standard InChI is InChI=1S/C35H37ClFN7O7S/c1-22(45)20-44(35(47)48)21-26(42-52(49,50)27-7-4-3-5-8-27)16-17-28-29(37)9-6-10-30(28)40-34(46)33(41-43-38)32(23-11-14-25(36)15-12-23)24-13-18-31(51-2)39-19-24/h3-15,18-19,22,26,32-33,42,45H,16-17,20-21H2,1-2H3,(H,40,46)(H,47,48)/t22-,26+,32-,33-/m0/s1. The van der Waals surface area contributed by atoms with E-state index in [1.165, 1.54) is 56.6 Å². The highest BCUT2D eigenvalue weighted by molar-refractivity contribution is 7.89. The fraction of sp³-hybridized carbons (Fsp3) is 0.286. The number of azide groups is 1. The minimum absolute atomic E-state index is 0.00833. The summed E-state index contributed by atoms with van der Waals surface area (Å²) in [6.45, 7) is 0.707. The highest BCUT2D eigenvalue weighted by atomic mass is 35.5. The molecule has 1 aromatic heterocycles. The van der Waals surface area contributed by atoms with Crippen LogP contribution in [0.4, 0.5) is 14.9 Å². The van der Waals surface area contributed by atoms with Crippen LogP contribution in [0.3, 0.4) is 0 Å². The molecule has 0 unspecified atom stereocenters. The molecule has 3 aromatic carbocycles. The van der Waals surface area contributed by atoms with Crippen molar-refractivity contribution in [2.45, 2.75) is 48.8 Å². The number of pyridine rings is 1. The summed E-state index contributed by atoms with van der Waals surface area (Å²) in [4.78, 5) is 34.0. The Kier molecular flexibility index (Phi) is 13.9. The fourth-order valence-electron chi connectivity index (χ4n) is 5.60. The first-order chi connectivity index (χ1) is 24.8. The second kappa shape index (κ2) is 18.3. The topological polar surface area (TPSA) is 207 Å². The monoisotopic (exact) mass is 753 g/mol. The Morgan fingerprint density at radius 2 is 1.73 bits per heavy atom. The number of carbonyl (C=O) groups excluding carboxylic acids is 1. The van der Waals surface area contributed by atoms with Gasteiger partial charge in [0.2, 0.25) is 21.8 Å². The summed E-state index contributed by atoms with van der Waals surface area (Å²) in [7, 11) is -2.71. The summed E-state index contributed by atoms with van der Waals surface area (Å²) in [5.74, 6) is -2.06. The molecular weight excluding hydrogens is 717 g/mol. The number of amides is 2. The molecule has 52 heavy (non-hydrogen) atoms. The third kappa shape index (κ3) is 10.6. The van der Waals surface area contributed by atoms with Crippen LogP contribution in [-0.4, -0.2) is 78.9 Å². The maximum atomic E-state index is 15.5. The van der Waals surface area contributed by atoms with Crippen LogP contribution in [0, 0.1) is 5.82 Å². The van der Waals surface area contributed by atoms with Gasteiger partial charge in [0.1, 0.15) is 11.9 Å². The van der Waals surface area contributed by atoms with Crippen LogP contribution >= 0.6 is 11.6 Å². The first-order valence-corrected chi connectivity index (χ1v) is 17.8. The highest BCUT2D eigenvalue weighted by Crippen LogP contribution is 2.33. The number of ether oxygens (including phenoxy) is 1. The summed E-state index contributed by atoms with van der Waals surface area (Å²) < 4.78 is 49.8. The van der Waals surface area contributed by atoms with Gasteiger partial charge in [-0.2, -0.15) is 0 Å². The number of nitrogens with one attached hydrogen (secondary N) is 2. The predicted molar refractivity (Wildman–Crippen MR) is 192 cm³/mol. The van der Waals surface area contributed by atoms with Crippen molar-refractivity contribution >= 4 is 39.3 Å². The predicted octanol–water partition coefficient (Wildman–Crippen LogP) is 5.97. The van der Waals surface area contributed by atoms with Gasteiger partial charge in [-0.05, 0) is 72.8 Å². The molecule has 4 atom stereocenters. The highest BCUT2D eigenvalue weighted by Gasteiger charge is 2.32. The number of aliphatic hydroxyl groups is 1. The number of aliphatic hydroxyl groups excluding tert-OH is 1. The van der Waals surface area contributed by atoms with E-state index in [9.17, 15) is 33.8 Å². The molecule has 0 aliphatic rings. The average molecular weight is 754 g/mol. The third-order valence-corrected chi connectivity index (χ3v) is 9.80. The lowest BCUT2D eigenvalue weighted by Gasteiger charge is -2.27. The van der Waals surface area contributed by atoms with Crippen LogP contribution in [0.5, 0.6) is 5.88 Å². The van der Waals surface area contributed by atoms with Gasteiger partial charge in [0.05, 0.1) is 18.1 Å². The number of aromatic nitrogens is 1. The van der Waals surface area contributed by atoms with E-state index in [2.05, 4.69) is 25.0 Å². The van der Waals surface area contributed by atoms with Gasteiger partial charge in [-0.15, -0.1) is 0 Å². The quantitative estimate of drug-likeness (QED) is 0.0572. The van der Waals surface area contributed by atoms with E-state index < -0.39 is 51.9 Å². The van der Waals surface area contributed by atoms with Crippen molar-refractivity contribution < 1.29 is 37.3 Å². The van der Waals surface area contributed by atoms with Crippen molar-refractivity contribution in [2.24, 2.45) is 5.11 Å². The van der Waals surface area contributed by atoms with Gasteiger partial charge in [0.25, 0.3) is 0 Å². The minimum Gasteiger partial charge on any atom is -0.481 e. The zero-order valence-corrected chi connectivity index (χ0v) is 29.7. The molecule has 274 valence electrons. The molecule has 0 fully saturated rings. The van der Waals surface area contributed by atoms with Gasteiger partial charge >= 0.3 is 6.09 Å². The van der Waals surface area contributed by atoms with Gasteiger partial charge in [-0.1, -0.05) is 59.2 Å². The number of halogens is 2. The molecule has 14 nitrogen and oxygen atoms in total. The van der Waals surface area contributed by atoms with Crippen molar-refractivity contribution in [3.05, 3.63) is 129 Å². The fourth-order valence-corrected chi connectivity index (χ4v) is 7.00.